The first-order chi connectivity index (χ1) is 16.3. The first-order valence-electron chi connectivity index (χ1n) is 10.9. The molecule has 1 aliphatic rings. The van der Waals surface area contributed by atoms with E-state index in [0.29, 0.717) is 21.5 Å². The van der Waals surface area contributed by atoms with Crippen molar-refractivity contribution in [1.29, 1.82) is 0 Å². The summed E-state index contributed by atoms with van der Waals surface area (Å²) in [5, 5.41) is 19.1. The number of nitrogens with one attached hydrogen (secondary N) is 1. The molecular weight excluding hydrogens is 480 g/mol. The number of fused-ring (bicyclic) bond motifs is 1. The molecule has 2 heterocycles. The van der Waals surface area contributed by atoms with Gasteiger partial charge in [0, 0.05) is 9.90 Å². The molecule has 178 valence electrons. The lowest BCUT2D eigenvalue weighted by atomic mass is 9.88. The third kappa shape index (κ3) is 4.97. The van der Waals surface area contributed by atoms with Crippen LogP contribution in [0.5, 0.6) is 0 Å². The van der Waals surface area contributed by atoms with Crippen LogP contribution in [0.25, 0.3) is 0 Å². The number of ether oxygens (including phenoxy) is 1. The zero-order valence-electron chi connectivity index (χ0n) is 18.7. The molecule has 4 rings (SSSR count). The SMILES string of the molecule is CCOC(=O)c1c(NC(=O)c2cc([N+](=O)[O-])nn2Cc2ccc(Cl)cc2)sc2c1CCC(C)C2. The number of halogens is 1. The summed E-state index contributed by atoms with van der Waals surface area (Å²) in [6, 6.07) is 8.02. The lowest BCUT2D eigenvalue weighted by molar-refractivity contribution is -0.389. The van der Waals surface area contributed by atoms with Gasteiger partial charge in [0.05, 0.1) is 29.9 Å². The molecule has 0 aliphatic heterocycles. The highest BCUT2D eigenvalue weighted by Crippen LogP contribution is 2.40. The van der Waals surface area contributed by atoms with E-state index in [2.05, 4.69) is 17.3 Å². The molecule has 0 spiro atoms. The van der Waals surface area contributed by atoms with Crippen molar-refractivity contribution in [2.24, 2.45) is 5.92 Å². The van der Waals surface area contributed by atoms with Gasteiger partial charge in [-0.1, -0.05) is 30.7 Å². The van der Waals surface area contributed by atoms with Gasteiger partial charge >= 0.3 is 11.8 Å². The van der Waals surface area contributed by atoms with Gasteiger partial charge in [-0.2, -0.15) is 4.68 Å². The fourth-order valence-corrected chi connectivity index (χ4v) is 5.50. The Bertz CT molecular complexity index is 1250. The van der Waals surface area contributed by atoms with Gasteiger partial charge in [0.2, 0.25) is 0 Å². The van der Waals surface area contributed by atoms with Crippen LogP contribution in [0.3, 0.4) is 0 Å². The molecule has 0 saturated carbocycles. The number of nitrogens with zero attached hydrogens (tertiary/aromatic N) is 3. The molecule has 0 bridgehead atoms. The number of amides is 1. The number of rotatable bonds is 7. The van der Waals surface area contributed by atoms with Crippen molar-refractivity contribution in [2.45, 2.75) is 39.7 Å². The predicted molar refractivity (Wildman–Crippen MR) is 129 cm³/mol. The quantitative estimate of drug-likeness (QED) is 0.272. The molecule has 1 aromatic carbocycles. The Morgan fingerprint density at radius 1 is 1.35 bits per heavy atom. The highest BCUT2D eigenvalue weighted by Gasteiger charge is 2.31. The number of hydrogen-bond acceptors (Lipinski definition) is 7. The second kappa shape index (κ2) is 9.94. The number of aromatic nitrogens is 2. The fourth-order valence-electron chi connectivity index (χ4n) is 3.98. The number of benzene rings is 1. The summed E-state index contributed by atoms with van der Waals surface area (Å²) in [5.74, 6) is -1.03. The summed E-state index contributed by atoms with van der Waals surface area (Å²) in [6.45, 7) is 4.23. The highest BCUT2D eigenvalue weighted by molar-refractivity contribution is 7.17. The van der Waals surface area contributed by atoms with Crippen LogP contribution in [0.4, 0.5) is 10.8 Å². The summed E-state index contributed by atoms with van der Waals surface area (Å²) in [5.41, 5.74) is 2.07. The molecule has 3 aromatic rings. The molecule has 11 heteroatoms. The number of carbonyl (C=O) groups is 2. The monoisotopic (exact) mass is 502 g/mol. The standard InChI is InChI=1S/C23H23ClN4O5S/c1-3-33-23(30)20-16-9-4-13(2)10-18(16)34-22(20)25-21(29)17-11-19(28(31)32)26-27(17)12-14-5-7-15(24)8-6-14/h5-8,11,13H,3-4,9-10,12H2,1-2H3,(H,25,29). The maximum atomic E-state index is 13.3. The van der Waals surface area contributed by atoms with E-state index in [0.717, 1.165) is 41.3 Å². The Labute approximate surface area is 204 Å². The van der Waals surface area contributed by atoms with Crippen molar-refractivity contribution in [3.8, 4) is 0 Å². The number of esters is 1. The molecule has 1 aliphatic carbocycles. The van der Waals surface area contributed by atoms with Crippen molar-refractivity contribution < 1.29 is 19.2 Å². The van der Waals surface area contributed by atoms with E-state index in [4.69, 9.17) is 16.3 Å². The molecule has 1 N–H and O–H groups in total. The Balaban J connectivity index is 1.68. The van der Waals surface area contributed by atoms with E-state index < -0.39 is 22.6 Å². The van der Waals surface area contributed by atoms with Gasteiger partial charge in [-0.3, -0.25) is 4.79 Å². The molecule has 0 radical (unpaired) electrons. The molecule has 1 amide bonds. The summed E-state index contributed by atoms with van der Waals surface area (Å²) in [4.78, 5) is 37.8. The molecule has 34 heavy (non-hydrogen) atoms. The third-order valence-electron chi connectivity index (χ3n) is 5.65. The average Bonchev–Trinajstić information content (AvgIpc) is 3.36. The number of anilines is 1. The predicted octanol–water partition coefficient (Wildman–Crippen LogP) is 5.11. The number of hydrogen-bond donors (Lipinski definition) is 1. The summed E-state index contributed by atoms with van der Waals surface area (Å²) < 4.78 is 6.53. The van der Waals surface area contributed by atoms with E-state index in [1.165, 1.54) is 16.0 Å². The van der Waals surface area contributed by atoms with Gasteiger partial charge in [-0.15, -0.1) is 11.3 Å². The molecule has 0 saturated heterocycles. The minimum Gasteiger partial charge on any atom is -0.462 e. The Morgan fingerprint density at radius 3 is 2.76 bits per heavy atom. The largest absolute Gasteiger partial charge is 0.462 e. The van der Waals surface area contributed by atoms with Crippen molar-refractivity contribution in [3.05, 3.63) is 72.7 Å². The lowest BCUT2D eigenvalue weighted by Gasteiger charge is -2.18. The van der Waals surface area contributed by atoms with E-state index in [-0.39, 0.29) is 18.8 Å². The first kappa shape index (κ1) is 23.9. The molecule has 1 unspecified atom stereocenters. The van der Waals surface area contributed by atoms with E-state index in [9.17, 15) is 19.7 Å². The number of nitro groups is 1. The average molecular weight is 503 g/mol. The first-order valence-corrected chi connectivity index (χ1v) is 12.1. The summed E-state index contributed by atoms with van der Waals surface area (Å²) >= 11 is 7.29. The molecule has 1 atom stereocenters. The number of carbonyl (C=O) groups excluding carboxylic acids is 2. The van der Waals surface area contributed by atoms with Crippen molar-refractivity contribution >= 4 is 45.6 Å². The Kier molecular flexibility index (Phi) is 6.99. The van der Waals surface area contributed by atoms with Crippen molar-refractivity contribution in [3.63, 3.8) is 0 Å². The van der Waals surface area contributed by atoms with Gasteiger partial charge in [-0.05, 0) is 60.3 Å². The molecular formula is C23H23ClN4O5S. The molecule has 2 aromatic heterocycles. The van der Waals surface area contributed by atoms with Crippen LogP contribution in [0.15, 0.2) is 30.3 Å². The lowest BCUT2D eigenvalue weighted by Crippen LogP contribution is -2.20. The summed E-state index contributed by atoms with van der Waals surface area (Å²) in [7, 11) is 0. The zero-order valence-corrected chi connectivity index (χ0v) is 20.2. The topological polar surface area (TPSA) is 116 Å². The van der Waals surface area contributed by atoms with Crippen LogP contribution < -0.4 is 5.32 Å². The minimum absolute atomic E-state index is 0.0104. The van der Waals surface area contributed by atoms with Gasteiger partial charge < -0.3 is 20.2 Å². The maximum absolute atomic E-state index is 13.3. The van der Waals surface area contributed by atoms with Crippen LogP contribution in [0.1, 0.15) is 57.1 Å². The van der Waals surface area contributed by atoms with Crippen LogP contribution in [0.2, 0.25) is 5.02 Å². The van der Waals surface area contributed by atoms with Gasteiger partial charge in [-0.25, -0.2) is 4.79 Å². The van der Waals surface area contributed by atoms with Gasteiger partial charge in [0.1, 0.15) is 5.00 Å². The van der Waals surface area contributed by atoms with Crippen LogP contribution >= 0.6 is 22.9 Å². The molecule has 0 fully saturated rings. The third-order valence-corrected chi connectivity index (χ3v) is 7.07. The van der Waals surface area contributed by atoms with Crippen molar-refractivity contribution in [2.75, 3.05) is 11.9 Å². The minimum atomic E-state index is -0.648. The second-order valence-electron chi connectivity index (χ2n) is 8.16. The fraction of sp³-hybridized carbons (Fsp3) is 0.348. The van der Waals surface area contributed by atoms with E-state index in [1.54, 1.807) is 31.2 Å². The van der Waals surface area contributed by atoms with Crippen LogP contribution in [0, 0.1) is 16.0 Å². The smallest absolute Gasteiger partial charge is 0.390 e. The Hall–Kier alpha value is -3.24. The molecule has 9 nitrogen and oxygen atoms in total. The summed E-state index contributed by atoms with van der Waals surface area (Å²) in [6.07, 6.45) is 2.50. The van der Waals surface area contributed by atoms with Crippen molar-refractivity contribution in [1.82, 2.24) is 9.78 Å². The number of thiophene rings is 1. The van der Waals surface area contributed by atoms with Crippen LogP contribution in [-0.4, -0.2) is 33.2 Å². The zero-order chi connectivity index (χ0) is 24.4. The normalized spacial score (nSPS) is 15.0. The van der Waals surface area contributed by atoms with Gasteiger partial charge in [0.25, 0.3) is 5.91 Å². The van der Waals surface area contributed by atoms with E-state index >= 15 is 0 Å². The van der Waals surface area contributed by atoms with Crippen LogP contribution in [-0.2, 0) is 24.1 Å². The maximum Gasteiger partial charge on any atom is 0.390 e. The Morgan fingerprint density at radius 2 is 2.09 bits per heavy atom. The van der Waals surface area contributed by atoms with E-state index in [1.807, 2.05) is 0 Å². The van der Waals surface area contributed by atoms with Gasteiger partial charge in [0.15, 0.2) is 5.69 Å². The highest BCUT2D eigenvalue weighted by atomic mass is 35.5. The second-order valence-corrected chi connectivity index (χ2v) is 9.70.